The summed E-state index contributed by atoms with van der Waals surface area (Å²) in [5, 5.41) is 3.11. The smallest absolute Gasteiger partial charge is 0.250 e. The first-order valence-electron chi connectivity index (χ1n) is 12.3. The molecule has 2 heterocycles. The van der Waals surface area contributed by atoms with Crippen molar-refractivity contribution >= 4 is 17.2 Å². The fourth-order valence-electron chi connectivity index (χ4n) is 4.91. The van der Waals surface area contributed by atoms with E-state index in [9.17, 15) is 4.79 Å². The van der Waals surface area contributed by atoms with Crippen molar-refractivity contribution < 1.29 is 4.79 Å². The van der Waals surface area contributed by atoms with Gasteiger partial charge < -0.3 is 10.2 Å². The van der Waals surface area contributed by atoms with Gasteiger partial charge in [-0.25, -0.2) is 9.83 Å². The van der Waals surface area contributed by atoms with Gasteiger partial charge >= 0.3 is 0 Å². The van der Waals surface area contributed by atoms with Crippen LogP contribution in [0.15, 0.2) is 41.6 Å². The number of piperazine rings is 1. The monoisotopic (exact) mass is 459 g/mol. The summed E-state index contributed by atoms with van der Waals surface area (Å²) in [4.78, 5) is 26.5. The van der Waals surface area contributed by atoms with Crippen molar-refractivity contribution in [3.63, 3.8) is 0 Å². The van der Waals surface area contributed by atoms with Crippen LogP contribution < -0.4 is 5.32 Å². The molecular weight excluding hydrogens is 422 g/mol. The zero-order valence-corrected chi connectivity index (χ0v) is 21.2. The number of allylic oxidation sites excluding steroid dienone is 4. The van der Waals surface area contributed by atoms with Crippen LogP contribution in [0, 0.1) is 12.0 Å². The molecule has 0 bridgehead atoms. The van der Waals surface area contributed by atoms with Crippen LogP contribution in [0.1, 0.15) is 64.8 Å². The van der Waals surface area contributed by atoms with E-state index < -0.39 is 0 Å². The Balaban J connectivity index is 1.66. The summed E-state index contributed by atoms with van der Waals surface area (Å²) in [6, 6.07) is 4.09. The van der Waals surface area contributed by atoms with Crippen LogP contribution in [0.3, 0.4) is 0 Å². The average Bonchev–Trinajstić information content (AvgIpc) is 3.29. The lowest BCUT2D eigenvalue weighted by atomic mass is 9.77. The normalized spacial score (nSPS) is 21.4. The molecular formula is C28H37N5O. The fraction of sp³-hybridized carbons (Fsp3) is 0.536. The molecule has 6 nitrogen and oxygen atoms in total. The second kappa shape index (κ2) is 9.48. The summed E-state index contributed by atoms with van der Waals surface area (Å²) >= 11 is 0. The number of hydrogen-bond donors (Lipinski definition) is 1. The predicted molar refractivity (Wildman–Crippen MR) is 138 cm³/mol. The van der Waals surface area contributed by atoms with E-state index in [1.54, 1.807) is 12.2 Å². The second-order valence-corrected chi connectivity index (χ2v) is 11.1. The van der Waals surface area contributed by atoms with Gasteiger partial charge in [0.2, 0.25) is 0 Å². The number of likely N-dealkylation sites (N-methyl/N-ethyl adjacent to an activating group) is 1. The van der Waals surface area contributed by atoms with E-state index in [4.69, 9.17) is 11.6 Å². The molecule has 2 aliphatic carbocycles. The molecule has 0 radical (unpaired) electrons. The SMILES string of the molecule is [C-]#[N+]C1=CCC(C(=O)Nc2ccc(C(C)(C)N3CCN(C)CC3)nc2C2=CCC(C)(C)CC2)=C1. The van der Waals surface area contributed by atoms with Gasteiger partial charge in [-0.1, -0.05) is 26.0 Å². The van der Waals surface area contributed by atoms with Crippen molar-refractivity contribution in [2.45, 2.75) is 58.9 Å². The highest BCUT2D eigenvalue weighted by molar-refractivity contribution is 6.06. The van der Waals surface area contributed by atoms with E-state index in [0.717, 1.165) is 62.5 Å². The molecule has 0 atom stereocenters. The average molecular weight is 460 g/mol. The van der Waals surface area contributed by atoms with E-state index in [0.29, 0.717) is 23.1 Å². The van der Waals surface area contributed by atoms with Gasteiger partial charge in [0, 0.05) is 31.8 Å². The number of anilines is 1. The van der Waals surface area contributed by atoms with Crippen molar-refractivity contribution in [2.75, 3.05) is 38.5 Å². The Morgan fingerprint density at radius 2 is 1.91 bits per heavy atom. The summed E-state index contributed by atoms with van der Waals surface area (Å²) in [5.41, 5.74) is 5.14. The first kappa shape index (κ1) is 24.4. The molecule has 1 aromatic heterocycles. The molecule has 1 N–H and O–H groups in total. The number of nitrogens with one attached hydrogen (secondary N) is 1. The van der Waals surface area contributed by atoms with Gasteiger partial charge in [-0.05, 0) is 75.8 Å². The molecule has 6 heteroatoms. The fourth-order valence-corrected chi connectivity index (χ4v) is 4.91. The van der Waals surface area contributed by atoms with Crippen LogP contribution in [-0.2, 0) is 10.3 Å². The number of rotatable bonds is 5. The van der Waals surface area contributed by atoms with Gasteiger partial charge in [0.05, 0.1) is 29.2 Å². The quantitative estimate of drug-likeness (QED) is 0.613. The summed E-state index contributed by atoms with van der Waals surface area (Å²) in [6.45, 7) is 20.4. The number of carbonyl (C=O) groups is 1. The van der Waals surface area contributed by atoms with Crippen LogP contribution in [0.25, 0.3) is 10.4 Å². The lowest BCUT2D eigenvalue weighted by Gasteiger charge is -2.43. The molecule has 1 aliphatic heterocycles. The summed E-state index contributed by atoms with van der Waals surface area (Å²) in [6.07, 6.45) is 9.35. The highest BCUT2D eigenvalue weighted by Gasteiger charge is 2.33. The minimum absolute atomic E-state index is 0.152. The Bertz CT molecular complexity index is 1090. The van der Waals surface area contributed by atoms with Gasteiger partial charge in [0.1, 0.15) is 0 Å². The number of nitrogens with zero attached hydrogens (tertiary/aromatic N) is 4. The third kappa shape index (κ3) is 5.16. The maximum Gasteiger partial charge on any atom is 0.250 e. The van der Waals surface area contributed by atoms with E-state index in [-0.39, 0.29) is 11.4 Å². The Morgan fingerprint density at radius 3 is 2.53 bits per heavy atom. The third-order valence-electron chi connectivity index (χ3n) is 7.61. The minimum atomic E-state index is -0.199. The topological polar surface area (TPSA) is 52.8 Å². The standard InChI is InChI=1S/C28H37N5O/c1-27(2)13-11-20(12-14-27)25-23(30-26(34)21-7-8-22(19-21)29-5)9-10-24(31-25)28(3,4)33-17-15-32(6)16-18-33/h8-11,19H,7,12-18H2,1-4,6H3,(H,30,34). The highest BCUT2D eigenvalue weighted by atomic mass is 16.1. The van der Waals surface area contributed by atoms with Crippen LogP contribution >= 0.6 is 0 Å². The van der Waals surface area contributed by atoms with Crippen LogP contribution in [-0.4, -0.2) is 53.9 Å². The van der Waals surface area contributed by atoms with Crippen molar-refractivity contribution in [3.8, 4) is 0 Å². The van der Waals surface area contributed by atoms with Gasteiger partial charge in [0.15, 0.2) is 5.70 Å². The van der Waals surface area contributed by atoms with Crippen LogP contribution in [0.5, 0.6) is 0 Å². The minimum Gasteiger partial charge on any atom is -0.320 e. The third-order valence-corrected chi connectivity index (χ3v) is 7.61. The molecule has 1 fully saturated rings. The molecule has 0 unspecified atom stereocenters. The first-order chi connectivity index (χ1) is 16.1. The van der Waals surface area contributed by atoms with E-state index in [1.165, 1.54) is 5.57 Å². The Labute approximate surface area is 204 Å². The first-order valence-corrected chi connectivity index (χ1v) is 12.3. The molecule has 0 saturated carbocycles. The number of aromatic nitrogens is 1. The van der Waals surface area contributed by atoms with Gasteiger partial charge in [0.25, 0.3) is 5.91 Å². The summed E-state index contributed by atoms with van der Waals surface area (Å²) in [7, 11) is 2.17. The lowest BCUT2D eigenvalue weighted by molar-refractivity contribution is -0.112. The van der Waals surface area contributed by atoms with E-state index in [1.807, 2.05) is 6.07 Å². The summed E-state index contributed by atoms with van der Waals surface area (Å²) in [5.74, 6) is -0.152. The van der Waals surface area contributed by atoms with E-state index >= 15 is 0 Å². The molecule has 180 valence electrons. The molecule has 1 aromatic rings. The maximum atomic E-state index is 13.0. The largest absolute Gasteiger partial charge is 0.320 e. The second-order valence-electron chi connectivity index (χ2n) is 11.1. The number of amides is 1. The van der Waals surface area contributed by atoms with Gasteiger partial charge in [-0.3, -0.25) is 9.69 Å². The molecule has 0 spiro atoms. The molecule has 1 saturated heterocycles. The molecule has 0 aromatic carbocycles. The number of pyridine rings is 1. The molecule has 1 amide bonds. The van der Waals surface area contributed by atoms with Crippen molar-refractivity contribution in [2.24, 2.45) is 5.41 Å². The van der Waals surface area contributed by atoms with Crippen molar-refractivity contribution in [1.29, 1.82) is 0 Å². The van der Waals surface area contributed by atoms with Crippen molar-refractivity contribution in [1.82, 2.24) is 14.8 Å². The van der Waals surface area contributed by atoms with E-state index in [2.05, 4.69) is 66.8 Å². The number of hydrogen-bond acceptors (Lipinski definition) is 4. The molecule has 3 aliphatic rings. The van der Waals surface area contributed by atoms with Crippen LogP contribution in [0.4, 0.5) is 5.69 Å². The zero-order valence-electron chi connectivity index (χ0n) is 21.2. The zero-order chi connectivity index (χ0) is 24.5. The summed E-state index contributed by atoms with van der Waals surface area (Å²) < 4.78 is 0. The Morgan fingerprint density at radius 1 is 1.18 bits per heavy atom. The maximum absolute atomic E-state index is 13.0. The van der Waals surface area contributed by atoms with Crippen molar-refractivity contribution in [3.05, 3.63) is 64.4 Å². The van der Waals surface area contributed by atoms with Gasteiger partial charge in [-0.15, -0.1) is 0 Å². The van der Waals surface area contributed by atoms with Crippen LogP contribution in [0.2, 0.25) is 0 Å². The lowest BCUT2D eigenvalue weighted by Crippen LogP contribution is -2.52. The molecule has 4 rings (SSSR count). The predicted octanol–water partition coefficient (Wildman–Crippen LogP) is 5.23. The molecule has 34 heavy (non-hydrogen) atoms. The Kier molecular flexibility index (Phi) is 6.80. The van der Waals surface area contributed by atoms with Gasteiger partial charge in [-0.2, -0.15) is 0 Å². The Hall–Kier alpha value is -2.75. The number of carbonyl (C=O) groups excluding carboxylic acids is 1. The highest BCUT2D eigenvalue weighted by Crippen LogP contribution is 2.40.